The molecule has 0 radical (unpaired) electrons. The van der Waals surface area contributed by atoms with E-state index < -0.39 is 0 Å². The average Bonchev–Trinajstić information content (AvgIpc) is 3.07. The molecule has 0 fully saturated rings. The summed E-state index contributed by atoms with van der Waals surface area (Å²) in [7, 11) is 0. The molecule has 4 aromatic rings. The molecule has 5 heteroatoms. The maximum Gasteiger partial charge on any atom is 0.204 e. The van der Waals surface area contributed by atoms with E-state index in [1.54, 1.807) is 0 Å². The molecule has 1 aliphatic heterocycles. The molecule has 0 bridgehead atoms. The van der Waals surface area contributed by atoms with Crippen molar-refractivity contribution in [1.82, 2.24) is 9.55 Å². The molecular formula is C22H17BrFN3. The van der Waals surface area contributed by atoms with Crippen LogP contribution in [0.15, 0.2) is 77.3 Å². The second-order valence-corrected chi connectivity index (χ2v) is 7.76. The maximum absolute atomic E-state index is 13.4. The van der Waals surface area contributed by atoms with Gasteiger partial charge in [-0.1, -0.05) is 52.3 Å². The number of imidazole rings is 1. The molecule has 2 unspecified atom stereocenters. The summed E-state index contributed by atoms with van der Waals surface area (Å²) in [4.78, 5) is 4.81. The van der Waals surface area contributed by atoms with E-state index in [4.69, 9.17) is 4.98 Å². The molecule has 0 amide bonds. The Morgan fingerprint density at radius 3 is 2.41 bits per heavy atom. The van der Waals surface area contributed by atoms with Crippen LogP contribution in [-0.2, 0) is 0 Å². The zero-order valence-electron chi connectivity index (χ0n) is 14.4. The Hall–Kier alpha value is -2.66. The summed E-state index contributed by atoms with van der Waals surface area (Å²) in [5, 5.41) is 3.55. The molecule has 0 aliphatic carbocycles. The van der Waals surface area contributed by atoms with Gasteiger partial charge in [-0.25, -0.2) is 9.37 Å². The van der Waals surface area contributed by atoms with Gasteiger partial charge in [0.1, 0.15) is 5.82 Å². The highest BCUT2D eigenvalue weighted by atomic mass is 79.9. The van der Waals surface area contributed by atoms with Gasteiger partial charge >= 0.3 is 0 Å². The quantitative estimate of drug-likeness (QED) is 0.424. The summed E-state index contributed by atoms with van der Waals surface area (Å²) < 4.78 is 16.7. The van der Waals surface area contributed by atoms with Crippen molar-refractivity contribution >= 4 is 32.9 Å². The average molecular weight is 422 g/mol. The first-order chi connectivity index (χ1) is 13.2. The number of hydrogen-bond donors (Lipinski definition) is 1. The largest absolute Gasteiger partial charge is 0.349 e. The fourth-order valence-electron chi connectivity index (χ4n) is 3.89. The molecule has 2 heterocycles. The Morgan fingerprint density at radius 1 is 0.926 bits per heavy atom. The van der Waals surface area contributed by atoms with Crippen LogP contribution in [0.25, 0.3) is 11.0 Å². The fourth-order valence-corrected chi connectivity index (χ4v) is 4.15. The van der Waals surface area contributed by atoms with Gasteiger partial charge in [0.05, 0.1) is 23.1 Å². The van der Waals surface area contributed by atoms with E-state index in [1.165, 1.54) is 17.7 Å². The summed E-state index contributed by atoms with van der Waals surface area (Å²) in [6, 6.07) is 23.6. The first-order valence-electron chi connectivity index (χ1n) is 8.93. The molecular weight excluding hydrogens is 405 g/mol. The van der Waals surface area contributed by atoms with Gasteiger partial charge < -0.3 is 9.88 Å². The number of halogens is 2. The van der Waals surface area contributed by atoms with Crippen molar-refractivity contribution in [3.63, 3.8) is 0 Å². The molecule has 0 saturated carbocycles. The lowest BCUT2D eigenvalue weighted by molar-refractivity contribution is 0.477. The first-order valence-corrected chi connectivity index (χ1v) is 9.73. The zero-order valence-corrected chi connectivity index (χ0v) is 16.0. The van der Waals surface area contributed by atoms with Crippen LogP contribution >= 0.6 is 15.9 Å². The van der Waals surface area contributed by atoms with E-state index in [0.717, 1.165) is 33.4 Å². The minimum atomic E-state index is -0.216. The Kier molecular flexibility index (Phi) is 3.97. The Labute approximate surface area is 165 Å². The van der Waals surface area contributed by atoms with Gasteiger partial charge in [0.15, 0.2) is 0 Å². The number of nitrogens with zero attached hydrogens (tertiary/aromatic N) is 2. The van der Waals surface area contributed by atoms with E-state index in [2.05, 4.69) is 56.1 Å². The SMILES string of the molecule is Fc1ccc(C2CC(c3ccc(Br)cc3)n3c(nc4ccccc43)N2)cc1. The van der Waals surface area contributed by atoms with Crippen LogP contribution in [0.4, 0.5) is 10.3 Å². The summed E-state index contributed by atoms with van der Waals surface area (Å²) in [6.07, 6.45) is 0.862. The fraction of sp³-hybridized carbons (Fsp3) is 0.136. The van der Waals surface area contributed by atoms with E-state index in [9.17, 15) is 4.39 Å². The van der Waals surface area contributed by atoms with Gasteiger partial charge in [-0.05, 0) is 53.9 Å². The summed E-state index contributed by atoms with van der Waals surface area (Å²) in [5.74, 6) is 0.635. The molecule has 0 saturated heterocycles. The third-order valence-corrected chi connectivity index (χ3v) is 5.73. The van der Waals surface area contributed by atoms with Crippen LogP contribution in [-0.4, -0.2) is 9.55 Å². The second kappa shape index (κ2) is 6.50. The zero-order chi connectivity index (χ0) is 18.4. The van der Waals surface area contributed by atoms with E-state index >= 15 is 0 Å². The molecule has 27 heavy (non-hydrogen) atoms. The Morgan fingerprint density at radius 2 is 1.63 bits per heavy atom. The van der Waals surface area contributed by atoms with Crippen LogP contribution in [0, 0.1) is 5.82 Å². The van der Waals surface area contributed by atoms with E-state index in [0.29, 0.717) is 0 Å². The molecule has 1 N–H and O–H groups in total. The van der Waals surface area contributed by atoms with Crippen molar-refractivity contribution in [3.05, 3.63) is 94.2 Å². The lowest BCUT2D eigenvalue weighted by Gasteiger charge is -2.33. The Bertz CT molecular complexity index is 1100. The van der Waals surface area contributed by atoms with Crippen LogP contribution in [0.5, 0.6) is 0 Å². The van der Waals surface area contributed by atoms with Crippen molar-refractivity contribution < 1.29 is 4.39 Å². The van der Waals surface area contributed by atoms with Crippen LogP contribution in [0.2, 0.25) is 0 Å². The third kappa shape index (κ3) is 2.92. The normalized spacial score (nSPS) is 18.9. The lowest BCUT2D eigenvalue weighted by atomic mass is 9.93. The lowest BCUT2D eigenvalue weighted by Crippen LogP contribution is -2.27. The van der Waals surface area contributed by atoms with Crippen molar-refractivity contribution in [2.45, 2.75) is 18.5 Å². The molecule has 2 atom stereocenters. The van der Waals surface area contributed by atoms with Gasteiger partial charge in [0.2, 0.25) is 5.95 Å². The van der Waals surface area contributed by atoms with Gasteiger partial charge in [0.25, 0.3) is 0 Å². The van der Waals surface area contributed by atoms with Gasteiger partial charge in [-0.2, -0.15) is 0 Å². The highest BCUT2D eigenvalue weighted by Crippen LogP contribution is 2.41. The maximum atomic E-state index is 13.4. The molecule has 0 spiro atoms. The molecule has 1 aliphatic rings. The third-order valence-electron chi connectivity index (χ3n) is 5.20. The second-order valence-electron chi connectivity index (χ2n) is 6.85. The standard InChI is InChI=1S/C22H17BrFN3/c23-16-9-5-15(6-10-16)21-13-19(14-7-11-17(24)12-8-14)26-22-25-18-3-1-2-4-20(18)27(21)22/h1-12,19,21H,13H2,(H,25,26). The molecule has 5 rings (SSSR count). The predicted octanol–water partition coefficient (Wildman–Crippen LogP) is 6.08. The number of nitrogens with one attached hydrogen (secondary N) is 1. The van der Waals surface area contributed by atoms with Crippen LogP contribution in [0.1, 0.15) is 29.6 Å². The summed E-state index contributed by atoms with van der Waals surface area (Å²) in [6.45, 7) is 0. The smallest absolute Gasteiger partial charge is 0.204 e. The number of aromatic nitrogens is 2. The minimum Gasteiger partial charge on any atom is -0.349 e. The molecule has 3 nitrogen and oxygen atoms in total. The summed E-state index contributed by atoms with van der Waals surface area (Å²) >= 11 is 3.52. The first kappa shape index (κ1) is 16.5. The van der Waals surface area contributed by atoms with Crippen molar-refractivity contribution in [1.29, 1.82) is 0 Å². The van der Waals surface area contributed by atoms with E-state index in [-0.39, 0.29) is 17.9 Å². The van der Waals surface area contributed by atoms with Crippen molar-refractivity contribution in [2.24, 2.45) is 0 Å². The number of anilines is 1. The number of benzene rings is 3. The number of hydrogen-bond acceptors (Lipinski definition) is 2. The van der Waals surface area contributed by atoms with Crippen molar-refractivity contribution in [2.75, 3.05) is 5.32 Å². The number of para-hydroxylation sites is 2. The molecule has 3 aromatic carbocycles. The van der Waals surface area contributed by atoms with Crippen LogP contribution in [0.3, 0.4) is 0 Å². The van der Waals surface area contributed by atoms with Crippen molar-refractivity contribution in [3.8, 4) is 0 Å². The number of fused-ring (bicyclic) bond motifs is 3. The van der Waals surface area contributed by atoms with E-state index in [1.807, 2.05) is 30.3 Å². The summed E-state index contributed by atoms with van der Waals surface area (Å²) in [5.41, 5.74) is 4.39. The molecule has 134 valence electrons. The minimum absolute atomic E-state index is 0.0727. The monoisotopic (exact) mass is 421 g/mol. The molecule has 1 aromatic heterocycles. The van der Waals surface area contributed by atoms with Crippen LogP contribution < -0.4 is 5.32 Å². The van der Waals surface area contributed by atoms with Gasteiger partial charge in [-0.3, -0.25) is 0 Å². The van der Waals surface area contributed by atoms with Gasteiger partial charge in [0, 0.05) is 4.47 Å². The Balaban J connectivity index is 1.65. The highest BCUT2D eigenvalue weighted by Gasteiger charge is 2.30. The number of rotatable bonds is 2. The van der Waals surface area contributed by atoms with Gasteiger partial charge in [-0.15, -0.1) is 0 Å². The predicted molar refractivity (Wildman–Crippen MR) is 109 cm³/mol. The highest BCUT2D eigenvalue weighted by molar-refractivity contribution is 9.10. The topological polar surface area (TPSA) is 29.9 Å².